The number of nitrogens with zero attached hydrogens (tertiary/aromatic N) is 3. The summed E-state index contributed by atoms with van der Waals surface area (Å²) in [4.78, 5) is 13.1. The predicted molar refractivity (Wildman–Crippen MR) is 73.3 cm³/mol. The molecule has 6 heteroatoms. The fourth-order valence-corrected chi connectivity index (χ4v) is 2.94. The summed E-state index contributed by atoms with van der Waals surface area (Å²) < 4.78 is 1.91. The van der Waals surface area contributed by atoms with Gasteiger partial charge in [0.15, 0.2) is 0 Å². The van der Waals surface area contributed by atoms with Crippen LogP contribution in [0.2, 0.25) is 5.02 Å². The van der Waals surface area contributed by atoms with Crippen LogP contribution in [0, 0.1) is 6.92 Å². The zero-order chi connectivity index (χ0) is 14.0. The molecule has 1 saturated heterocycles. The Morgan fingerprint density at radius 3 is 2.95 bits per heavy atom. The first kappa shape index (κ1) is 14.3. The maximum absolute atomic E-state index is 10.9. The van der Waals surface area contributed by atoms with Crippen molar-refractivity contribution in [1.82, 2.24) is 14.7 Å². The molecule has 2 heterocycles. The number of halogens is 1. The van der Waals surface area contributed by atoms with Gasteiger partial charge in [-0.25, -0.2) is 0 Å². The van der Waals surface area contributed by atoms with Crippen molar-refractivity contribution in [1.29, 1.82) is 0 Å². The molecule has 0 amide bonds. The van der Waals surface area contributed by atoms with Gasteiger partial charge in [-0.15, -0.1) is 0 Å². The highest BCUT2D eigenvalue weighted by atomic mass is 35.5. The molecule has 1 aliphatic heterocycles. The first-order chi connectivity index (χ1) is 9.02. The Balaban J connectivity index is 2.14. The van der Waals surface area contributed by atoms with Gasteiger partial charge in [0, 0.05) is 19.1 Å². The van der Waals surface area contributed by atoms with Gasteiger partial charge in [-0.1, -0.05) is 11.6 Å². The monoisotopic (exact) mass is 285 g/mol. The SMILES string of the molecule is CCn1nc(C)c(Cl)c1CN1CCCC1CC(=O)O. The number of carbonyl (C=O) groups is 1. The average Bonchev–Trinajstić information content (AvgIpc) is 2.88. The molecule has 1 fully saturated rings. The molecule has 106 valence electrons. The lowest BCUT2D eigenvalue weighted by atomic mass is 10.1. The summed E-state index contributed by atoms with van der Waals surface area (Å²) in [7, 11) is 0. The van der Waals surface area contributed by atoms with Gasteiger partial charge in [0.2, 0.25) is 0 Å². The second-order valence-electron chi connectivity index (χ2n) is 5.03. The fraction of sp³-hybridized carbons (Fsp3) is 0.692. The fourth-order valence-electron chi connectivity index (χ4n) is 2.75. The minimum Gasteiger partial charge on any atom is -0.481 e. The highest BCUT2D eigenvalue weighted by molar-refractivity contribution is 6.31. The van der Waals surface area contributed by atoms with Crippen LogP contribution in [0.3, 0.4) is 0 Å². The highest BCUT2D eigenvalue weighted by Gasteiger charge is 2.28. The molecule has 1 aromatic rings. The molecular formula is C13H20ClN3O2. The summed E-state index contributed by atoms with van der Waals surface area (Å²) >= 11 is 6.30. The number of aryl methyl sites for hydroxylation is 2. The molecule has 0 radical (unpaired) electrons. The molecule has 1 aromatic heterocycles. The van der Waals surface area contributed by atoms with Crippen LogP contribution in [0.4, 0.5) is 0 Å². The van der Waals surface area contributed by atoms with Crippen molar-refractivity contribution in [2.75, 3.05) is 6.54 Å². The van der Waals surface area contributed by atoms with Crippen LogP contribution in [0.1, 0.15) is 37.6 Å². The van der Waals surface area contributed by atoms with Gasteiger partial charge in [0.25, 0.3) is 0 Å². The first-order valence-electron chi connectivity index (χ1n) is 6.70. The van der Waals surface area contributed by atoms with E-state index in [1.165, 1.54) is 0 Å². The quantitative estimate of drug-likeness (QED) is 0.902. The van der Waals surface area contributed by atoms with Gasteiger partial charge in [-0.05, 0) is 33.2 Å². The maximum atomic E-state index is 10.9. The minimum atomic E-state index is -0.733. The van der Waals surface area contributed by atoms with Crippen molar-refractivity contribution in [2.45, 2.75) is 52.2 Å². The summed E-state index contributed by atoms with van der Waals surface area (Å²) in [5.41, 5.74) is 1.84. The summed E-state index contributed by atoms with van der Waals surface area (Å²) in [6, 6.07) is 0.120. The molecule has 2 rings (SSSR count). The number of carboxylic acids is 1. The van der Waals surface area contributed by atoms with Crippen LogP contribution >= 0.6 is 11.6 Å². The largest absolute Gasteiger partial charge is 0.481 e. The third-order valence-electron chi connectivity index (χ3n) is 3.72. The lowest BCUT2D eigenvalue weighted by molar-refractivity contribution is -0.138. The molecule has 5 nitrogen and oxygen atoms in total. The molecule has 0 aromatic carbocycles. The Morgan fingerprint density at radius 2 is 2.32 bits per heavy atom. The summed E-state index contributed by atoms with van der Waals surface area (Å²) in [6.07, 6.45) is 2.20. The Kier molecular flexibility index (Phi) is 4.47. The number of rotatable bonds is 5. The highest BCUT2D eigenvalue weighted by Crippen LogP contribution is 2.27. The van der Waals surface area contributed by atoms with E-state index in [-0.39, 0.29) is 12.5 Å². The Labute approximate surface area is 118 Å². The third-order valence-corrected chi connectivity index (χ3v) is 4.21. The smallest absolute Gasteiger partial charge is 0.304 e. The van der Waals surface area contributed by atoms with Crippen molar-refractivity contribution in [3.05, 3.63) is 16.4 Å². The summed E-state index contributed by atoms with van der Waals surface area (Å²) in [5.74, 6) is -0.733. The lowest BCUT2D eigenvalue weighted by Gasteiger charge is -2.23. The van der Waals surface area contributed by atoms with Crippen LogP contribution in [0.5, 0.6) is 0 Å². The maximum Gasteiger partial charge on any atom is 0.304 e. The number of likely N-dealkylation sites (tertiary alicyclic amines) is 1. The summed E-state index contributed by atoms with van der Waals surface area (Å²) in [6.45, 7) is 6.33. The van der Waals surface area contributed by atoms with Gasteiger partial charge in [-0.2, -0.15) is 5.10 Å². The second kappa shape index (κ2) is 5.92. The van der Waals surface area contributed by atoms with Gasteiger partial charge in [0.1, 0.15) is 0 Å². The zero-order valence-electron chi connectivity index (χ0n) is 11.4. The zero-order valence-corrected chi connectivity index (χ0v) is 12.2. The van der Waals surface area contributed by atoms with Gasteiger partial charge in [0.05, 0.1) is 22.8 Å². The summed E-state index contributed by atoms with van der Waals surface area (Å²) in [5, 5.41) is 14.1. The minimum absolute atomic E-state index is 0.120. The van der Waals surface area contributed by atoms with Crippen molar-refractivity contribution in [2.24, 2.45) is 0 Å². The van der Waals surface area contributed by atoms with E-state index in [0.717, 1.165) is 37.3 Å². The van der Waals surface area contributed by atoms with Crippen LogP contribution in [0.15, 0.2) is 0 Å². The van der Waals surface area contributed by atoms with Crippen LogP contribution in [0.25, 0.3) is 0 Å². The molecule has 19 heavy (non-hydrogen) atoms. The van der Waals surface area contributed by atoms with Crippen molar-refractivity contribution >= 4 is 17.6 Å². The number of hydrogen-bond donors (Lipinski definition) is 1. The molecule has 1 aliphatic rings. The Morgan fingerprint density at radius 1 is 1.58 bits per heavy atom. The predicted octanol–water partition coefficient (Wildman–Crippen LogP) is 2.30. The molecule has 0 spiro atoms. The van der Waals surface area contributed by atoms with E-state index in [0.29, 0.717) is 11.6 Å². The van der Waals surface area contributed by atoms with E-state index < -0.39 is 5.97 Å². The first-order valence-corrected chi connectivity index (χ1v) is 7.08. The van der Waals surface area contributed by atoms with E-state index in [2.05, 4.69) is 10.00 Å². The van der Waals surface area contributed by atoms with E-state index in [1.807, 2.05) is 18.5 Å². The number of aromatic nitrogens is 2. The van der Waals surface area contributed by atoms with Crippen LogP contribution in [-0.4, -0.2) is 38.3 Å². The van der Waals surface area contributed by atoms with E-state index in [1.54, 1.807) is 0 Å². The van der Waals surface area contributed by atoms with E-state index in [4.69, 9.17) is 16.7 Å². The van der Waals surface area contributed by atoms with Gasteiger partial charge in [-0.3, -0.25) is 14.4 Å². The third kappa shape index (κ3) is 3.09. The van der Waals surface area contributed by atoms with Crippen LogP contribution < -0.4 is 0 Å². The second-order valence-corrected chi connectivity index (χ2v) is 5.40. The number of carboxylic acid groups (broad SMARTS) is 1. The van der Waals surface area contributed by atoms with E-state index in [9.17, 15) is 4.79 Å². The molecule has 0 saturated carbocycles. The molecule has 1 unspecified atom stereocenters. The molecule has 1 N–H and O–H groups in total. The van der Waals surface area contributed by atoms with Crippen molar-refractivity contribution in [3.8, 4) is 0 Å². The Hall–Kier alpha value is -1.07. The molecule has 0 aliphatic carbocycles. The van der Waals surface area contributed by atoms with E-state index >= 15 is 0 Å². The van der Waals surface area contributed by atoms with Crippen LogP contribution in [-0.2, 0) is 17.9 Å². The van der Waals surface area contributed by atoms with Gasteiger partial charge >= 0.3 is 5.97 Å². The Bertz CT molecular complexity index is 473. The number of hydrogen-bond acceptors (Lipinski definition) is 3. The molecule has 0 bridgehead atoms. The van der Waals surface area contributed by atoms with Crippen molar-refractivity contribution in [3.63, 3.8) is 0 Å². The topological polar surface area (TPSA) is 58.4 Å². The van der Waals surface area contributed by atoms with Gasteiger partial charge < -0.3 is 5.11 Å². The molecular weight excluding hydrogens is 266 g/mol. The van der Waals surface area contributed by atoms with Crippen molar-refractivity contribution < 1.29 is 9.90 Å². The standard InChI is InChI=1S/C13H20ClN3O2/c1-3-17-11(13(14)9(2)15-17)8-16-6-4-5-10(16)7-12(18)19/h10H,3-8H2,1-2H3,(H,18,19). The average molecular weight is 286 g/mol. The molecule has 1 atom stereocenters. The lowest BCUT2D eigenvalue weighted by Crippen LogP contribution is -2.31. The normalized spacial score (nSPS) is 20.1. The number of aliphatic carboxylic acids is 1.